The van der Waals surface area contributed by atoms with Crippen molar-refractivity contribution in [3.8, 4) is 0 Å². The Morgan fingerprint density at radius 1 is 1.14 bits per heavy atom. The van der Waals surface area contributed by atoms with Gasteiger partial charge in [0.15, 0.2) is 11.6 Å². The van der Waals surface area contributed by atoms with Gasteiger partial charge in [-0.3, -0.25) is 9.59 Å². The number of carboxylic acid groups (broad SMARTS) is 1. The first kappa shape index (κ1) is 20.7. The van der Waals surface area contributed by atoms with Gasteiger partial charge < -0.3 is 14.6 Å². The molecule has 1 unspecified atom stereocenters. The molecule has 1 amide bonds. The molecule has 29 heavy (non-hydrogen) atoms. The van der Waals surface area contributed by atoms with E-state index in [-0.39, 0.29) is 37.6 Å². The van der Waals surface area contributed by atoms with E-state index >= 15 is 0 Å². The predicted molar refractivity (Wildman–Crippen MR) is 105 cm³/mol. The van der Waals surface area contributed by atoms with Crippen molar-refractivity contribution in [3.63, 3.8) is 0 Å². The van der Waals surface area contributed by atoms with Gasteiger partial charge in [-0.1, -0.05) is 38.1 Å². The molecule has 1 aromatic carbocycles. The van der Waals surface area contributed by atoms with Crippen molar-refractivity contribution in [1.82, 2.24) is 19.7 Å². The number of hydrogen-bond donors (Lipinski definition) is 1. The number of carboxylic acids is 1. The maximum atomic E-state index is 12.7. The average molecular weight is 398 g/mol. The number of nitrogens with zero attached hydrogens (tertiary/aromatic N) is 4. The third-order valence-electron chi connectivity index (χ3n) is 5.15. The first-order valence-corrected chi connectivity index (χ1v) is 9.79. The van der Waals surface area contributed by atoms with Gasteiger partial charge in [-0.05, 0) is 24.8 Å². The molecule has 1 atom stereocenters. The van der Waals surface area contributed by atoms with Crippen molar-refractivity contribution >= 4 is 17.7 Å². The Labute approximate surface area is 169 Å². The van der Waals surface area contributed by atoms with E-state index < -0.39 is 12.0 Å². The second kappa shape index (κ2) is 8.55. The zero-order valence-corrected chi connectivity index (χ0v) is 17.0. The van der Waals surface area contributed by atoms with Crippen LogP contribution in [0.5, 0.6) is 0 Å². The maximum absolute atomic E-state index is 12.7. The van der Waals surface area contributed by atoms with Crippen LogP contribution in [0.1, 0.15) is 54.3 Å². The molecule has 8 nitrogen and oxygen atoms in total. The summed E-state index contributed by atoms with van der Waals surface area (Å²) < 4.78 is 1.71. The van der Waals surface area contributed by atoms with Crippen molar-refractivity contribution in [2.75, 3.05) is 0 Å². The monoisotopic (exact) mass is 398 g/mol. The lowest BCUT2D eigenvalue weighted by atomic mass is 9.99. The Balaban J connectivity index is 1.63. The lowest BCUT2D eigenvalue weighted by molar-refractivity contribution is -0.152. The van der Waals surface area contributed by atoms with E-state index in [4.69, 9.17) is 0 Å². The number of benzene rings is 1. The Kier molecular flexibility index (Phi) is 6.10. The third-order valence-corrected chi connectivity index (χ3v) is 5.15. The summed E-state index contributed by atoms with van der Waals surface area (Å²) in [7, 11) is 0. The number of Topliss-reactive ketones (excluding diaryl/α,β-unsaturated/α-hetero) is 1. The van der Waals surface area contributed by atoms with E-state index in [9.17, 15) is 19.5 Å². The Morgan fingerprint density at radius 2 is 1.83 bits per heavy atom. The van der Waals surface area contributed by atoms with Gasteiger partial charge in [0.1, 0.15) is 11.9 Å². The highest BCUT2D eigenvalue weighted by Gasteiger charge is 2.36. The van der Waals surface area contributed by atoms with Gasteiger partial charge in [-0.15, -0.1) is 10.2 Å². The Hall–Kier alpha value is -3.03. The summed E-state index contributed by atoms with van der Waals surface area (Å²) in [6, 6.07) is 6.47. The first-order chi connectivity index (χ1) is 13.8. The molecule has 1 aliphatic rings. The second-order valence-corrected chi connectivity index (χ2v) is 7.87. The molecular formula is C21H26N4O4. The number of ketones is 1. The summed E-state index contributed by atoms with van der Waals surface area (Å²) in [6.45, 7) is 6.21. The minimum absolute atomic E-state index is 0.0382. The number of aryl methyl sites for hydroxylation is 1. The van der Waals surface area contributed by atoms with Crippen LogP contribution in [0.4, 0.5) is 0 Å². The van der Waals surface area contributed by atoms with E-state index in [1.54, 1.807) is 23.6 Å². The van der Waals surface area contributed by atoms with Crippen molar-refractivity contribution in [3.05, 3.63) is 47.0 Å². The van der Waals surface area contributed by atoms with Crippen molar-refractivity contribution in [2.45, 2.75) is 59.2 Å². The van der Waals surface area contributed by atoms with Crippen molar-refractivity contribution in [2.24, 2.45) is 5.92 Å². The van der Waals surface area contributed by atoms with E-state index in [0.717, 1.165) is 6.42 Å². The lowest BCUT2D eigenvalue weighted by Crippen LogP contribution is -2.50. The van der Waals surface area contributed by atoms with E-state index in [2.05, 4.69) is 24.0 Å². The van der Waals surface area contributed by atoms with E-state index in [1.807, 2.05) is 12.1 Å². The molecule has 2 heterocycles. The highest BCUT2D eigenvalue weighted by molar-refractivity contribution is 5.98. The van der Waals surface area contributed by atoms with Gasteiger partial charge in [0, 0.05) is 18.4 Å². The van der Waals surface area contributed by atoms with Crippen LogP contribution in [-0.2, 0) is 29.1 Å². The Bertz CT molecular complexity index is 917. The predicted octanol–water partition coefficient (Wildman–Crippen LogP) is 2.24. The molecule has 1 aliphatic heterocycles. The summed E-state index contributed by atoms with van der Waals surface area (Å²) in [4.78, 5) is 38.1. The van der Waals surface area contributed by atoms with Crippen LogP contribution in [0.15, 0.2) is 24.3 Å². The standard InChI is InChI=1S/C21H26N4O4/c1-13(2)10-15-4-6-16(7-5-15)18(26)8-9-20(27)25-12-19-23-22-14(3)24(19)11-17(25)21(28)29/h4-7,13,17H,8-12H2,1-3H3,(H,28,29). The normalized spacial score (nSPS) is 16.0. The molecule has 2 aromatic rings. The second-order valence-electron chi connectivity index (χ2n) is 7.87. The topological polar surface area (TPSA) is 105 Å². The molecule has 3 rings (SSSR count). The first-order valence-electron chi connectivity index (χ1n) is 9.79. The fourth-order valence-electron chi connectivity index (χ4n) is 3.59. The minimum Gasteiger partial charge on any atom is -0.480 e. The fraction of sp³-hybridized carbons (Fsp3) is 0.476. The molecule has 0 spiro atoms. The van der Waals surface area contributed by atoms with E-state index in [1.165, 1.54) is 10.5 Å². The van der Waals surface area contributed by atoms with Gasteiger partial charge >= 0.3 is 5.97 Å². The number of aliphatic carboxylic acids is 1. The van der Waals surface area contributed by atoms with Crippen LogP contribution in [0.2, 0.25) is 0 Å². The smallest absolute Gasteiger partial charge is 0.328 e. The highest BCUT2D eigenvalue weighted by atomic mass is 16.4. The van der Waals surface area contributed by atoms with Crippen LogP contribution in [-0.4, -0.2) is 48.5 Å². The van der Waals surface area contributed by atoms with Crippen LogP contribution in [0.3, 0.4) is 0 Å². The largest absolute Gasteiger partial charge is 0.480 e. The Morgan fingerprint density at radius 3 is 2.45 bits per heavy atom. The number of hydrogen-bond acceptors (Lipinski definition) is 5. The quantitative estimate of drug-likeness (QED) is 0.717. The molecule has 0 aliphatic carbocycles. The van der Waals surface area contributed by atoms with E-state index in [0.29, 0.717) is 23.1 Å². The zero-order valence-electron chi connectivity index (χ0n) is 17.0. The van der Waals surface area contributed by atoms with Gasteiger partial charge in [-0.2, -0.15) is 0 Å². The third kappa shape index (κ3) is 4.70. The SMILES string of the molecule is Cc1nnc2n1CC(C(=O)O)N(C(=O)CCC(=O)c1ccc(CC(C)C)cc1)C2. The van der Waals surface area contributed by atoms with Gasteiger partial charge in [0.2, 0.25) is 5.91 Å². The van der Waals surface area contributed by atoms with Crippen LogP contribution in [0.25, 0.3) is 0 Å². The number of carbonyl (C=O) groups is 3. The summed E-state index contributed by atoms with van der Waals surface area (Å²) in [5.41, 5.74) is 1.73. The molecule has 0 radical (unpaired) electrons. The van der Waals surface area contributed by atoms with Crippen LogP contribution in [0, 0.1) is 12.8 Å². The average Bonchev–Trinajstić information content (AvgIpc) is 3.05. The molecule has 0 saturated carbocycles. The molecule has 154 valence electrons. The number of aromatic nitrogens is 3. The highest BCUT2D eigenvalue weighted by Crippen LogP contribution is 2.20. The molecule has 1 N–H and O–H groups in total. The zero-order chi connectivity index (χ0) is 21.1. The van der Waals surface area contributed by atoms with Gasteiger partial charge in [-0.25, -0.2) is 4.79 Å². The lowest BCUT2D eigenvalue weighted by Gasteiger charge is -2.33. The summed E-state index contributed by atoms with van der Waals surface area (Å²) in [6.07, 6.45) is 0.947. The van der Waals surface area contributed by atoms with Crippen LogP contribution >= 0.6 is 0 Å². The maximum Gasteiger partial charge on any atom is 0.328 e. The molecule has 0 saturated heterocycles. The molecule has 0 fully saturated rings. The van der Waals surface area contributed by atoms with Crippen molar-refractivity contribution < 1.29 is 19.5 Å². The van der Waals surface area contributed by atoms with Gasteiger partial charge in [0.25, 0.3) is 0 Å². The van der Waals surface area contributed by atoms with Gasteiger partial charge in [0.05, 0.1) is 13.1 Å². The summed E-state index contributed by atoms with van der Waals surface area (Å²) in [5.74, 6) is 0.140. The molecule has 1 aromatic heterocycles. The number of amides is 1. The summed E-state index contributed by atoms with van der Waals surface area (Å²) >= 11 is 0. The minimum atomic E-state index is -1.08. The molecule has 8 heteroatoms. The number of carbonyl (C=O) groups excluding carboxylic acids is 2. The fourth-order valence-corrected chi connectivity index (χ4v) is 3.59. The molecular weight excluding hydrogens is 372 g/mol. The number of rotatable bonds is 7. The number of fused-ring (bicyclic) bond motifs is 1. The van der Waals surface area contributed by atoms with Crippen molar-refractivity contribution in [1.29, 1.82) is 0 Å². The molecule has 0 bridgehead atoms. The van der Waals surface area contributed by atoms with Crippen LogP contribution < -0.4 is 0 Å². The summed E-state index contributed by atoms with van der Waals surface area (Å²) in [5, 5.41) is 17.5.